The molecule has 0 unspecified atom stereocenters. The maximum absolute atomic E-state index is 4.19. The zero-order valence-corrected chi connectivity index (χ0v) is 10.5. The largest absolute Gasteiger partial charge is 0.388 e. The summed E-state index contributed by atoms with van der Waals surface area (Å²) in [6, 6.07) is 12.8. The van der Waals surface area contributed by atoms with Crippen molar-refractivity contribution in [2.75, 3.05) is 12.4 Å². The Hall–Kier alpha value is -2.29. The van der Waals surface area contributed by atoms with Crippen LogP contribution < -0.4 is 5.32 Å². The molecule has 0 spiro atoms. The van der Waals surface area contributed by atoms with Gasteiger partial charge >= 0.3 is 0 Å². The average Bonchev–Trinajstić information content (AvgIpc) is 2.83. The first-order valence-corrected chi connectivity index (χ1v) is 5.97. The Bertz CT molecular complexity index is 698. The van der Waals surface area contributed by atoms with Gasteiger partial charge in [0.05, 0.1) is 18.2 Å². The zero-order valence-electron chi connectivity index (χ0n) is 10.5. The minimum atomic E-state index is 1.12. The molecule has 0 saturated carbocycles. The van der Waals surface area contributed by atoms with E-state index in [4.69, 9.17) is 0 Å². The van der Waals surface area contributed by atoms with Gasteiger partial charge in [-0.2, -0.15) is 0 Å². The normalized spacial score (nSPS) is 10.8. The molecule has 90 valence electrons. The van der Waals surface area contributed by atoms with Crippen molar-refractivity contribution >= 4 is 16.5 Å². The summed E-state index contributed by atoms with van der Waals surface area (Å²) in [4.78, 5) is 4.19. The van der Waals surface area contributed by atoms with Gasteiger partial charge in [0.1, 0.15) is 0 Å². The summed E-state index contributed by atoms with van der Waals surface area (Å²) in [5, 5.41) is 5.75. The van der Waals surface area contributed by atoms with Gasteiger partial charge in [-0.1, -0.05) is 24.3 Å². The van der Waals surface area contributed by atoms with Crippen LogP contribution in [-0.2, 0) is 7.05 Å². The lowest BCUT2D eigenvalue weighted by Crippen LogP contribution is -1.96. The van der Waals surface area contributed by atoms with Crippen LogP contribution in [0.5, 0.6) is 0 Å². The highest BCUT2D eigenvalue weighted by Gasteiger charge is 2.09. The fourth-order valence-corrected chi connectivity index (χ4v) is 2.28. The monoisotopic (exact) mass is 237 g/mol. The first-order chi connectivity index (χ1) is 8.79. The maximum Gasteiger partial charge on any atom is 0.0948 e. The molecule has 0 bridgehead atoms. The summed E-state index contributed by atoms with van der Waals surface area (Å²) < 4.78 is 2.03. The van der Waals surface area contributed by atoms with Gasteiger partial charge in [0, 0.05) is 25.3 Å². The van der Waals surface area contributed by atoms with Crippen LogP contribution in [-0.4, -0.2) is 16.6 Å². The van der Waals surface area contributed by atoms with E-state index in [0.29, 0.717) is 0 Å². The Morgan fingerprint density at radius 2 is 1.83 bits per heavy atom. The number of hydrogen-bond acceptors (Lipinski definition) is 2. The average molecular weight is 237 g/mol. The van der Waals surface area contributed by atoms with Crippen molar-refractivity contribution in [3.8, 4) is 11.3 Å². The molecule has 0 aliphatic heterocycles. The van der Waals surface area contributed by atoms with E-state index < -0.39 is 0 Å². The van der Waals surface area contributed by atoms with E-state index in [2.05, 4.69) is 46.7 Å². The SMILES string of the molecule is CNc1cc2ccccc2cc1-c1cncn1C. The van der Waals surface area contributed by atoms with Crippen molar-refractivity contribution in [1.82, 2.24) is 9.55 Å². The van der Waals surface area contributed by atoms with Gasteiger partial charge in [0.2, 0.25) is 0 Å². The van der Waals surface area contributed by atoms with E-state index in [9.17, 15) is 0 Å². The first-order valence-electron chi connectivity index (χ1n) is 5.97. The van der Waals surface area contributed by atoms with Gasteiger partial charge in [-0.3, -0.25) is 0 Å². The van der Waals surface area contributed by atoms with Gasteiger partial charge in [0.25, 0.3) is 0 Å². The van der Waals surface area contributed by atoms with Gasteiger partial charge < -0.3 is 9.88 Å². The Kier molecular flexibility index (Phi) is 2.52. The smallest absolute Gasteiger partial charge is 0.0948 e. The molecule has 0 fully saturated rings. The van der Waals surface area contributed by atoms with Crippen molar-refractivity contribution in [2.24, 2.45) is 7.05 Å². The van der Waals surface area contributed by atoms with E-state index in [0.717, 1.165) is 11.4 Å². The Morgan fingerprint density at radius 3 is 2.44 bits per heavy atom. The molecule has 3 nitrogen and oxygen atoms in total. The molecular weight excluding hydrogens is 222 g/mol. The topological polar surface area (TPSA) is 29.9 Å². The number of imidazole rings is 1. The quantitative estimate of drug-likeness (QED) is 0.741. The number of aromatic nitrogens is 2. The third-order valence-electron chi connectivity index (χ3n) is 3.25. The van der Waals surface area contributed by atoms with Crippen LogP contribution >= 0.6 is 0 Å². The van der Waals surface area contributed by atoms with Crippen LogP contribution in [0.1, 0.15) is 0 Å². The highest BCUT2D eigenvalue weighted by atomic mass is 15.0. The van der Waals surface area contributed by atoms with E-state index in [1.54, 1.807) is 0 Å². The molecule has 0 aliphatic carbocycles. The molecule has 0 radical (unpaired) electrons. The van der Waals surface area contributed by atoms with Crippen LogP contribution in [0.3, 0.4) is 0 Å². The molecule has 1 heterocycles. The molecule has 0 aliphatic rings. The summed E-state index contributed by atoms with van der Waals surface area (Å²) in [6.45, 7) is 0. The van der Waals surface area contributed by atoms with Crippen LogP contribution in [0.15, 0.2) is 48.9 Å². The molecule has 2 aromatic carbocycles. The molecular formula is C15H15N3. The van der Waals surface area contributed by atoms with Gasteiger partial charge in [-0.05, 0) is 22.9 Å². The lowest BCUT2D eigenvalue weighted by Gasteiger charge is -2.11. The highest BCUT2D eigenvalue weighted by Crippen LogP contribution is 2.31. The predicted octanol–water partition coefficient (Wildman–Crippen LogP) is 3.28. The third kappa shape index (κ3) is 1.64. The van der Waals surface area contributed by atoms with Gasteiger partial charge in [0.15, 0.2) is 0 Å². The fraction of sp³-hybridized carbons (Fsp3) is 0.133. The number of rotatable bonds is 2. The van der Waals surface area contributed by atoms with Crippen molar-refractivity contribution in [1.29, 1.82) is 0 Å². The molecule has 18 heavy (non-hydrogen) atoms. The standard InChI is InChI=1S/C15H15N3/c1-16-14-8-12-6-4-3-5-11(12)7-13(14)15-9-17-10-18(15)2/h3-10,16H,1-2H3. The first kappa shape index (κ1) is 10.8. The summed E-state index contributed by atoms with van der Waals surface area (Å²) in [6.07, 6.45) is 3.72. The Labute approximate surface area is 106 Å². The fourth-order valence-electron chi connectivity index (χ4n) is 2.28. The van der Waals surface area contributed by atoms with Crippen LogP contribution in [0.2, 0.25) is 0 Å². The van der Waals surface area contributed by atoms with Crippen LogP contribution in [0.4, 0.5) is 5.69 Å². The Morgan fingerprint density at radius 1 is 1.11 bits per heavy atom. The number of nitrogens with one attached hydrogen (secondary N) is 1. The number of benzene rings is 2. The predicted molar refractivity (Wildman–Crippen MR) is 75.7 cm³/mol. The van der Waals surface area contributed by atoms with Crippen molar-refractivity contribution in [3.63, 3.8) is 0 Å². The molecule has 0 atom stereocenters. The second-order valence-electron chi connectivity index (χ2n) is 4.38. The minimum absolute atomic E-state index is 1.12. The Balaban J connectivity index is 2.31. The van der Waals surface area contributed by atoms with E-state index in [1.807, 2.05) is 31.2 Å². The van der Waals surface area contributed by atoms with Crippen LogP contribution in [0.25, 0.3) is 22.0 Å². The summed E-state index contributed by atoms with van der Waals surface area (Å²) in [5.41, 5.74) is 3.42. The van der Waals surface area contributed by atoms with E-state index in [-0.39, 0.29) is 0 Å². The third-order valence-corrected chi connectivity index (χ3v) is 3.25. The van der Waals surface area contributed by atoms with Crippen molar-refractivity contribution in [2.45, 2.75) is 0 Å². The molecule has 0 saturated heterocycles. The summed E-state index contributed by atoms with van der Waals surface area (Å²) in [7, 11) is 3.96. The van der Waals surface area contributed by atoms with Crippen molar-refractivity contribution < 1.29 is 0 Å². The van der Waals surface area contributed by atoms with Gasteiger partial charge in [-0.25, -0.2) is 4.98 Å². The second-order valence-corrected chi connectivity index (χ2v) is 4.38. The lowest BCUT2D eigenvalue weighted by molar-refractivity contribution is 0.922. The number of nitrogens with zero attached hydrogens (tertiary/aromatic N) is 2. The maximum atomic E-state index is 4.19. The van der Waals surface area contributed by atoms with Crippen molar-refractivity contribution in [3.05, 3.63) is 48.9 Å². The molecule has 0 amide bonds. The highest BCUT2D eigenvalue weighted by molar-refractivity contribution is 5.93. The number of fused-ring (bicyclic) bond motifs is 1. The number of hydrogen-bond donors (Lipinski definition) is 1. The van der Waals surface area contributed by atoms with E-state index in [1.165, 1.54) is 16.3 Å². The summed E-state index contributed by atoms with van der Waals surface area (Å²) in [5.74, 6) is 0. The molecule has 3 heteroatoms. The molecule has 3 rings (SSSR count). The zero-order chi connectivity index (χ0) is 12.5. The van der Waals surface area contributed by atoms with E-state index >= 15 is 0 Å². The number of anilines is 1. The number of aryl methyl sites for hydroxylation is 1. The second kappa shape index (κ2) is 4.18. The minimum Gasteiger partial charge on any atom is -0.388 e. The molecule has 1 N–H and O–H groups in total. The summed E-state index contributed by atoms with van der Waals surface area (Å²) >= 11 is 0. The van der Waals surface area contributed by atoms with Gasteiger partial charge in [-0.15, -0.1) is 0 Å². The molecule has 3 aromatic rings. The molecule has 1 aromatic heterocycles. The lowest BCUT2D eigenvalue weighted by atomic mass is 10.0. The van der Waals surface area contributed by atoms with Crippen LogP contribution in [0, 0.1) is 0 Å².